The Bertz CT molecular complexity index is 609. The fourth-order valence-electron chi connectivity index (χ4n) is 2.67. The summed E-state index contributed by atoms with van der Waals surface area (Å²) in [5.74, 6) is -0.285. The number of hydrogen-bond donors (Lipinski definition) is 0. The molecule has 1 heterocycles. The van der Waals surface area contributed by atoms with Crippen LogP contribution in [0, 0.1) is 0 Å². The second-order valence-corrected chi connectivity index (χ2v) is 5.58. The van der Waals surface area contributed by atoms with Crippen molar-refractivity contribution < 1.29 is 14.3 Å². The highest BCUT2D eigenvalue weighted by atomic mass is 16.5. The molecule has 2 aromatic rings. The van der Waals surface area contributed by atoms with Crippen molar-refractivity contribution in [2.45, 2.75) is 6.10 Å². The lowest BCUT2D eigenvalue weighted by Crippen LogP contribution is -2.39. The number of carbonyl (C=O) groups excluding carboxylic acids is 1. The number of rotatable bonds is 5. The molecule has 1 fully saturated rings. The lowest BCUT2D eigenvalue weighted by molar-refractivity contribution is -0.00471. The summed E-state index contributed by atoms with van der Waals surface area (Å²) < 4.78 is 11.2. The topological polar surface area (TPSA) is 38.8 Å². The van der Waals surface area contributed by atoms with Gasteiger partial charge in [-0.15, -0.1) is 0 Å². The van der Waals surface area contributed by atoms with Crippen LogP contribution in [0.1, 0.15) is 22.0 Å². The van der Waals surface area contributed by atoms with Crippen LogP contribution in [0.2, 0.25) is 0 Å². The summed E-state index contributed by atoms with van der Waals surface area (Å²) in [5.41, 5.74) is 1.60. The second-order valence-electron chi connectivity index (χ2n) is 5.58. The zero-order chi connectivity index (χ0) is 15.9. The van der Waals surface area contributed by atoms with Crippen LogP contribution in [0.3, 0.4) is 0 Å². The first-order valence-corrected chi connectivity index (χ1v) is 7.94. The van der Waals surface area contributed by atoms with Crippen molar-refractivity contribution in [1.82, 2.24) is 4.90 Å². The Hall–Kier alpha value is -2.17. The summed E-state index contributed by atoms with van der Waals surface area (Å²) in [6, 6.07) is 19.0. The monoisotopic (exact) mass is 311 g/mol. The predicted molar refractivity (Wildman–Crippen MR) is 88.3 cm³/mol. The van der Waals surface area contributed by atoms with Gasteiger partial charge in [-0.2, -0.15) is 0 Å². The van der Waals surface area contributed by atoms with E-state index in [1.807, 2.05) is 48.5 Å². The van der Waals surface area contributed by atoms with Crippen LogP contribution in [-0.2, 0) is 9.47 Å². The summed E-state index contributed by atoms with van der Waals surface area (Å²) >= 11 is 0. The van der Waals surface area contributed by atoms with Crippen LogP contribution in [-0.4, -0.2) is 43.7 Å². The number of carbonyl (C=O) groups is 1. The molecule has 0 aromatic heterocycles. The molecule has 4 heteroatoms. The van der Waals surface area contributed by atoms with Gasteiger partial charge in [0.1, 0.15) is 6.10 Å². The molecule has 0 spiro atoms. The van der Waals surface area contributed by atoms with E-state index in [0.29, 0.717) is 12.1 Å². The average molecular weight is 311 g/mol. The summed E-state index contributed by atoms with van der Waals surface area (Å²) in [7, 11) is 0. The minimum absolute atomic E-state index is 0.276. The maximum atomic E-state index is 12.4. The van der Waals surface area contributed by atoms with E-state index in [9.17, 15) is 4.79 Å². The summed E-state index contributed by atoms with van der Waals surface area (Å²) in [4.78, 5) is 14.7. The van der Waals surface area contributed by atoms with Crippen LogP contribution in [0.4, 0.5) is 0 Å². The van der Waals surface area contributed by atoms with Gasteiger partial charge in [0.05, 0.1) is 18.8 Å². The first-order valence-electron chi connectivity index (χ1n) is 7.94. The molecule has 120 valence electrons. The van der Waals surface area contributed by atoms with Crippen LogP contribution < -0.4 is 0 Å². The van der Waals surface area contributed by atoms with Gasteiger partial charge in [0.25, 0.3) is 0 Å². The highest BCUT2D eigenvalue weighted by molar-refractivity contribution is 5.89. The number of nitrogens with zero attached hydrogens (tertiary/aromatic N) is 1. The minimum Gasteiger partial charge on any atom is -0.453 e. The Balaban J connectivity index is 1.73. The lowest BCUT2D eigenvalue weighted by atomic mass is 10.1. The predicted octanol–water partition coefficient (Wildman–Crippen LogP) is 2.92. The molecule has 0 N–H and O–H groups in total. The zero-order valence-corrected chi connectivity index (χ0v) is 13.1. The van der Waals surface area contributed by atoms with Gasteiger partial charge >= 0.3 is 5.97 Å². The van der Waals surface area contributed by atoms with E-state index in [0.717, 1.165) is 31.9 Å². The van der Waals surface area contributed by atoms with Crippen LogP contribution in [0.15, 0.2) is 60.7 Å². The summed E-state index contributed by atoms with van der Waals surface area (Å²) in [5, 5.41) is 0. The van der Waals surface area contributed by atoms with Gasteiger partial charge in [0, 0.05) is 19.6 Å². The first-order chi connectivity index (χ1) is 11.3. The molecule has 0 bridgehead atoms. The van der Waals surface area contributed by atoms with Gasteiger partial charge in [-0.05, 0) is 17.7 Å². The van der Waals surface area contributed by atoms with Crippen molar-refractivity contribution in [1.29, 1.82) is 0 Å². The van der Waals surface area contributed by atoms with Crippen LogP contribution in [0.5, 0.6) is 0 Å². The standard InChI is InChI=1S/C19H21NO3/c21-19(17-9-5-2-6-10-17)23-18(16-7-3-1-4-8-16)15-20-11-13-22-14-12-20/h1-10,18H,11-15H2. The summed E-state index contributed by atoms with van der Waals surface area (Å²) in [6.45, 7) is 3.88. The minimum atomic E-state index is -0.285. The Labute approximate surface area is 136 Å². The van der Waals surface area contributed by atoms with Gasteiger partial charge in [0.15, 0.2) is 0 Å². The molecule has 0 amide bonds. The maximum Gasteiger partial charge on any atom is 0.338 e. The number of benzene rings is 2. The molecule has 0 aliphatic carbocycles. The fourth-order valence-corrected chi connectivity index (χ4v) is 2.67. The Morgan fingerprint density at radius 2 is 1.61 bits per heavy atom. The highest BCUT2D eigenvalue weighted by Crippen LogP contribution is 2.21. The molecule has 1 atom stereocenters. The molecule has 4 nitrogen and oxygen atoms in total. The third-order valence-corrected chi connectivity index (χ3v) is 3.96. The van der Waals surface area contributed by atoms with Crippen molar-refractivity contribution in [3.63, 3.8) is 0 Å². The molecule has 23 heavy (non-hydrogen) atoms. The largest absolute Gasteiger partial charge is 0.453 e. The molecular formula is C19H21NO3. The number of esters is 1. The van der Waals surface area contributed by atoms with E-state index in [1.165, 1.54) is 0 Å². The number of hydrogen-bond acceptors (Lipinski definition) is 4. The molecule has 0 radical (unpaired) electrons. The van der Waals surface area contributed by atoms with Crippen LogP contribution >= 0.6 is 0 Å². The van der Waals surface area contributed by atoms with E-state index < -0.39 is 0 Å². The van der Waals surface area contributed by atoms with E-state index in [-0.39, 0.29) is 12.1 Å². The number of morpholine rings is 1. The van der Waals surface area contributed by atoms with E-state index in [4.69, 9.17) is 9.47 Å². The zero-order valence-electron chi connectivity index (χ0n) is 13.1. The molecular weight excluding hydrogens is 290 g/mol. The van der Waals surface area contributed by atoms with E-state index in [2.05, 4.69) is 4.90 Å². The molecule has 1 saturated heterocycles. The highest BCUT2D eigenvalue weighted by Gasteiger charge is 2.22. The molecule has 1 aliphatic heterocycles. The van der Waals surface area contributed by atoms with Crippen molar-refractivity contribution in [3.05, 3.63) is 71.8 Å². The Morgan fingerprint density at radius 1 is 1.00 bits per heavy atom. The third kappa shape index (κ3) is 4.41. The van der Waals surface area contributed by atoms with Gasteiger partial charge < -0.3 is 9.47 Å². The third-order valence-electron chi connectivity index (χ3n) is 3.96. The SMILES string of the molecule is O=C(OC(CN1CCOCC1)c1ccccc1)c1ccccc1. The van der Waals surface area contributed by atoms with Gasteiger partial charge in [0.2, 0.25) is 0 Å². The van der Waals surface area contributed by atoms with Gasteiger partial charge in [-0.1, -0.05) is 48.5 Å². The Morgan fingerprint density at radius 3 is 2.26 bits per heavy atom. The average Bonchev–Trinajstić information content (AvgIpc) is 2.63. The van der Waals surface area contributed by atoms with E-state index in [1.54, 1.807) is 12.1 Å². The smallest absolute Gasteiger partial charge is 0.338 e. The molecule has 0 saturated carbocycles. The first kappa shape index (κ1) is 15.7. The van der Waals surface area contributed by atoms with Gasteiger partial charge in [-0.3, -0.25) is 4.90 Å². The normalized spacial score (nSPS) is 16.7. The molecule has 1 unspecified atom stereocenters. The molecule has 3 rings (SSSR count). The lowest BCUT2D eigenvalue weighted by Gasteiger charge is -2.30. The van der Waals surface area contributed by atoms with E-state index >= 15 is 0 Å². The van der Waals surface area contributed by atoms with Crippen molar-refractivity contribution in [2.24, 2.45) is 0 Å². The van der Waals surface area contributed by atoms with Gasteiger partial charge in [-0.25, -0.2) is 4.79 Å². The Kier molecular flexibility index (Phi) is 5.40. The summed E-state index contributed by atoms with van der Waals surface area (Å²) in [6.07, 6.45) is -0.276. The fraction of sp³-hybridized carbons (Fsp3) is 0.316. The van der Waals surface area contributed by atoms with Crippen molar-refractivity contribution in [3.8, 4) is 0 Å². The van der Waals surface area contributed by atoms with Crippen molar-refractivity contribution in [2.75, 3.05) is 32.8 Å². The second kappa shape index (κ2) is 7.90. The molecule has 1 aliphatic rings. The molecule has 2 aromatic carbocycles. The van der Waals surface area contributed by atoms with Crippen molar-refractivity contribution >= 4 is 5.97 Å². The quantitative estimate of drug-likeness (QED) is 0.796. The number of ether oxygens (including phenoxy) is 2. The van der Waals surface area contributed by atoms with Crippen LogP contribution in [0.25, 0.3) is 0 Å². The maximum absolute atomic E-state index is 12.4.